The molecular formula is C16H26N2O2. The third-order valence-electron chi connectivity index (χ3n) is 3.43. The Bertz CT molecular complexity index is 409. The van der Waals surface area contributed by atoms with E-state index < -0.39 is 0 Å². The van der Waals surface area contributed by atoms with Crippen LogP contribution in [0, 0.1) is 5.92 Å². The first kappa shape index (κ1) is 15.3. The molecule has 0 aliphatic carbocycles. The smallest absolute Gasteiger partial charge is 0.213 e. The summed E-state index contributed by atoms with van der Waals surface area (Å²) in [5, 5.41) is 3.47. The van der Waals surface area contributed by atoms with Gasteiger partial charge in [0.2, 0.25) is 5.88 Å². The summed E-state index contributed by atoms with van der Waals surface area (Å²) < 4.78 is 11.2. The van der Waals surface area contributed by atoms with E-state index in [1.165, 1.54) is 5.56 Å². The van der Waals surface area contributed by atoms with Gasteiger partial charge in [-0.25, -0.2) is 4.98 Å². The Morgan fingerprint density at radius 1 is 1.35 bits per heavy atom. The molecule has 4 nitrogen and oxygen atoms in total. The number of ether oxygens (including phenoxy) is 2. The van der Waals surface area contributed by atoms with Crippen LogP contribution in [0.4, 0.5) is 0 Å². The second kappa shape index (κ2) is 7.04. The van der Waals surface area contributed by atoms with Crippen LogP contribution in [-0.4, -0.2) is 30.3 Å². The fourth-order valence-corrected chi connectivity index (χ4v) is 2.12. The van der Waals surface area contributed by atoms with Gasteiger partial charge in [0.1, 0.15) is 0 Å². The maximum atomic E-state index is 5.82. The SMILES string of the molecule is CC(C)(C)NCc1ccnc(OCC2CCOCC2)c1. The Morgan fingerprint density at radius 2 is 2.10 bits per heavy atom. The van der Waals surface area contributed by atoms with Crippen LogP contribution in [0.1, 0.15) is 39.2 Å². The van der Waals surface area contributed by atoms with Crippen molar-refractivity contribution >= 4 is 0 Å². The summed E-state index contributed by atoms with van der Waals surface area (Å²) >= 11 is 0. The highest BCUT2D eigenvalue weighted by molar-refractivity contribution is 5.20. The standard InChI is InChI=1S/C16H26N2O2/c1-16(2,3)18-11-14-4-7-17-15(10-14)20-12-13-5-8-19-9-6-13/h4,7,10,13,18H,5-6,8-9,11-12H2,1-3H3. The van der Waals surface area contributed by atoms with Crippen LogP contribution < -0.4 is 10.1 Å². The lowest BCUT2D eigenvalue weighted by atomic mass is 10.0. The van der Waals surface area contributed by atoms with Gasteiger partial charge >= 0.3 is 0 Å². The first-order valence-electron chi connectivity index (χ1n) is 7.43. The van der Waals surface area contributed by atoms with Gasteiger partial charge < -0.3 is 14.8 Å². The highest BCUT2D eigenvalue weighted by Crippen LogP contribution is 2.17. The number of aromatic nitrogens is 1. The Hall–Kier alpha value is -1.13. The van der Waals surface area contributed by atoms with E-state index in [9.17, 15) is 0 Å². The normalized spacial score (nSPS) is 17.1. The molecule has 0 atom stereocenters. The molecule has 0 bridgehead atoms. The van der Waals surface area contributed by atoms with Gasteiger partial charge in [-0.2, -0.15) is 0 Å². The lowest BCUT2D eigenvalue weighted by Gasteiger charge is -2.22. The summed E-state index contributed by atoms with van der Waals surface area (Å²) in [6.45, 7) is 9.78. The average molecular weight is 278 g/mol. The van der Waals surface area contributed by atoms with Crippen molar-refractivity contribution in [1.82, 2.24) is 10.3 Å². The number of nitrogens with zero attached hydrogens (tertiary/aromatic N) is 1. The van der Waals surface area contributed by atoms with E-state index in [2.05, 4.69) is 31.1 Å². The molecule has 0 amide bonds. The largest absolute Gasteiger partial charge is 0.477 e. The Kier molecular flexibility index (Phi) is 5.38. The van der Waals surface area contributed by atoms with Gasteiger partial charge in [-0.1, -0.05) is 0 Å². The molecule has 2 rings (SSSR count). The zero-order chi connectivity index (χ0) is 14.4. The van der Waals surface area contributed by atoms with Crippen LogP contribution in [-0.2, 0) is 11.3 Å². The molecule has 1 aromatic heterocycles. The van der Waals surface area contributed by atoms with Crippen LogP contribution in [0.5, 0.6) is 5.88 Å². The van der Waals surface area contributed by atoms with E-state index >= 15 is 0 Å². The first-order valence-corrected chi connectivity index (χ1v) is 7.43. The van der Waals surface area contributed by atoms with Gasteiger partial charge in [-0.3, -0.25) is 0 Å². The van der Waals surface area contributed by atoms with Crippen molar-refractivity contribution in [2.75, 3.05) is 19.8 Å². The monoisotopic (exact) mass is 278 g/mol. The topological polar surface area (TPSA) is 43.4 Å². The highest BCUT2D eigenvalue weighted by Gasteiger charge is 2.15. The predicted molar refractivity (Wildman–Crippen MR) is 79.9 cm³/mol. The molecule has 112 valence electrons. The molecule has 1 aliphatic heterocycles. The molecule has 0 radical (unpaired) electrons. The molecule has 0 unspecified atom stereocenters. The minimum atomic E-state index is 0.117. The molecule has 0 spiro atoms. The molecule has 1 fully saturated rings. The average Bonchev–Trinajstić information content (AvgIpc) is 2.44. The zero-order valence-electron chi connectivity index (χ0n) is 12.8. The van der Waals surface area contributed by atoms with E-state index in [-0.39, 0.29) is 5.54 Å². The van der Waals surface area contributed by atoms with Crippen LogP contribution in [0.25, 0.3) is 0 Å². The number of nitrogens with one attached hydrogen (secondary N) is 1. The van der Waals surface area contributed by atoms with Crippen LogP contribution in [0.3, 0.4) is 0 Å². The Labute approximate surface area is 121 Å². The van der Waals surface area contributed by atoms with Crippen LogP contribution in [0.2, 0.25) is 0 Å². The quantitative estimate of drug-likeness (QED) is 0.899. The molecule has 0 saturated carbocycles. The van der Waals surface area contributed by atoms with Crippen molar-refractivity contribution in [2.24, 2.45) is 5.92 Å². The third-order valence-corrected chi connectivity index (χ3v) is 3.43. The fraction of sp³-hybridized carbons (Fsp3) is 0.688. The van der Waals surface area contributed by atoms with Crippen LogP contribution >= 0.6 is 0 Å². The van der Waals surface area contributed by atoms with E-state index in [4.69, 9.17) is 9.47 Å². The second-order valence-corrected chi connectivity index (χ2v) is 6.47. The van der Waals surface area contributed by atoms with Crippen molar-refractivity contribution < 1.29 is 9.47 Å². The molecule has 4 heteroatoms. The van der Waals surface area contributed by atoms with Gasteiger partial charge in [-0.15, -0.1) is 0 Å². The summed E-state index contributed by atoms with van der Waals surface area (Å²) in [5.41, 5.74) is 1.32. The van der Waals surface area contributed by atoms with Crippen molar-refractivity contribution in [2.45, 2.75) is 45.7 Å². The Balaban J connectivity index is 1.82. The predicted octanol–water partition coefficient (Wildman–Crippen LogP) is 2.78. The lowest BCUT2D eigenvalue weighted by molar-refractivity contribution is 0.0490. The lowest BCUT2D eigenvalue weighted by Crippen LogP contribution is -2.35. The molecule has 1 aromatic rings. The summed E-state index contributed by atoms with van der Waals surface area (Å²) in [7, 11) is 0. The third kappa shape index (κ3) is 5.47. The maximum absolute atomic E-state index is 5.82. The second-order valence-electron chi connectivity index (χ2n) is 6.47. The van der Waals surface area contributed by atoms with Crippen molar-refractivity contribution in [1.29, 1.82) is 0 Å². The zero-order valence-corrected chi connectivity index (χ0v) is 12.8. The molecule has 1 aliphatic rings. The molecule has 20 heavy (non-hydrogen) atoms. The van der Waals surface area contributed by atoms with Gasteiger partial charge in [-0.05, 0) is 51.2 Å². The minimum Gasteiger partial charge on any atom is -0.477 e. The van der Waals surface area contributed by atoms with Gasteiger partial charge in [0, 0.05) is 37.6 Å². The van der Waals surface area contributed by atoms with E-state index in [0.29, 0.717) is 5.92 Å². The van der Waals surface area contributed by atoms with Gasteiger partial charge in [0.15, 0.2) is 0 Å². The van der Waals surface area contributed by atoms with Crippen molar-refractivity contribution in [3.63, 3.8) is 0 Å². The molecule has 0 aromatic carbocycles. The van der Waals surface area contributed by atoms with Gasteiger partial charge in [0.05, 0.1) is 6.61 Å². The summed E-state index contributed by atoms with van der Waals surface area (Å²) in [6.07, 6.45) is 4.00. The summed E-state index contributed by atoms with van der Waals surface area (Å²) in [6, 6.07) is 4.05. The first-order chi connectivity index (χ1) is 9.53. The molecular weight excluding hydrogens is 252 g/mol. The molecule has 1 saturated heterocycles. The molecule has 2 heterocycles. The highest BCUT2D eigenvalue weighted by atomic mass is 16.5. The number of pyridine rings is 1. The summed E-state index contributed by atoms with van der Waals surface area (Å²) in [4.78, 5) is 4.29. The Morgan fingerprint density at radius 3 is 2.80 bits per heavy atom. The maximum Gasteiger partial charge on any atom is 0.213 e. The molecule has 1 N–H and O–H groups in total. The number of hydrogen-bond acceptors (Lipinski definition) is 4. The van der Waals surface area contributed by atoms with Crippen molar-refractivity contribution in [3.05, 3.63) is 23.9 Å². The van der Waals surface area contributed by atoms with E-state index in [1.54, 1.807) is 0 Å². The minimum absolute atomic E-state index is 0.117. The number of rotatable bonds is 5. The van der Waals surface area contributed by atoms with Crippen molar-refractivity contribution in [3.8, 4) is 5.88 Å². The van der Waals surface area contributed by atoms with Gasteiger partial charge in [0.25, 0.3) is 0 Å². The number of hydrogen-bond donors (Lipinski definition) is 1. The van der Waals surface area contributed by atoms with E-state index in [1.807, 2.05) is 18.3 Å². The van der Waals surface area contributed by atoms with E-state index in [0.717, 1.165) is 45.1 Å². The van der Waals surface area contributed by atoms with Crippen LogP contribution in [0.15, 0.2) is 18.3 Å². The summed E-state index contributed by atoms with van der Waals surface area (Å²) in [5.74, 6) is 1.33. The fourth-order valence-electron chi connectivity index (χ4n) is 2.12.